The smallest absolute Gasteiger partial charge is 0.416 e. The highest BCUT2D eigenvalue weighted by Crippen LogP contribution is 2.44. The predicted molar refractivity (Wildman–Crippen MR) is 72.6 cm³/mol. The van der Waals surface area contributed by atoms with E-state index in [-0.39, 0.29) is 5.69 Å². The molecule has 0 spiro atoms. The number of halogens is 3. The van der Waals surface area contributed by atoms with Gasteiger partial charge in [-0.25, -0.2) is 0 Å². The van der Waals surface area contributed by atoms with Gasteiger partial charge in [0.15, 0.2) is 0 Å². The highest BCUT2D eigenvalue weighted by molar-refractivity contribution is 5.96. The van der Waals surface area contributed by atoms with E-state index >= 15 is 0 Å². The molecule has 1 amide bonds. The Balaban J connectivity index is 1.78. The van der Waals surface area contributed by atoms with Crippen LogP contribution >= 0.6 is 0 Å². The van der Waals surface area contributed by atoms with Gasteiger partial charge < -0.3 is 15.2 Å². The van der Waals surface area contributed by atoms with E-state index in [4.69, 9.17) is 4.74 Å². The van der Waals surface area contributed by atoms with Crippen LogP contribution in [0.15, 0.2) is 24.3 Å². The molecule has 2 heterocycles. The lowest BCUT2D eigenvalue weighted by Gasteiger charge is -2.24. The van der Waals surface area contributed by atoms with Gasteiger partial charge in [0.05, 0.1) is 29.6 Å². The number of benzene rings is 1. The molecule has 0 radical (unpaired) electrons. The number of alkyl halides is 3. The number of hydrogen-bond acceptors (Lipinski definition) is 3. The number of carbonyl (C=O) groups excluding carboxylic acids is 1. The van der Waals surface area contributed by atoms with Crippen LogP contribution in [0.5, 0.6) is 0 Å². The Morgan fingerprint density at radius 2 is 1.83 bits per heavy atom. The fraction of sp³-hybridized carbons (Fsp3) is 0.467. The fourth-order valence-electron chi connectivity index (χ4n) is 3.32. The molecule has 0 unspecified atom stereocenters. The Bertz CT molecular complexity index is 646. The molecule has 0 aliphatic carbocycles. The van der Waals surface area contributed by atoms with E-state index in [1.165, 1.54) is 12.1 Å². The van der Waals surface area contributed by atoms with Crippen LogP contribution in [0.25, 0.3) is 0 Å². The van der Waals surface area contributed by atoms with E-state index in [9.17, 15) is 27.9 Å². The molecule has 5 nitrogen and oxygen atoms in total. The third-order valence-corrected chi connectivity index (χ3v) is 4.32. The quantitative estimate of drug-likeness (QED) is 0.893. The minimum absolute atomic E-state index is 0.0169. The number of nitrogens with one attached hydrogen (secondary N) is 1. The zero-order valence-corrected chi connectivity index (χ0v) is 11.8. The number of fused-ring (bicyclic) bond motifs is 2. The summed E-state index contributed by atoms with van der Waals surface area (Å²) in [6.45, 7) is 0. The summed E-state index contributed by atoms with van der Waals surface area (Å²) in [5.74, 6) is -3.59. The van der Waals surface area contributed by atoms with Crippen molar-refractivity contribution in [2.75, 3.05) is 5.32 Å². The van der Waals surface area contributed by atoms with E-state index in [1.54, 1.807) is 0 Å². The fourth-order valence-corrected chi connectivity index (χ4v) is 3.32. The number of rotatable bonds is 3. The van der Waals surface area contributed by atoms with Gasteiger partial charge in [0, 0.05) is 5.69 Å². The van der Waals surface area contributed by atoms with E-state index in [0.717, 1.165) is 12.1 Å². The van der Waals surface area contributed by atoms with Gasteiger partial charge in [-0.15, -0.1) is 0 Å². The molecule has 2 aliphatic heterocycles. The zero-order valence-electron chi connectivity index (χ0n) is 11.8. The number of amides is 1. The summed E-state index contributed by atoms with van der Waals surface area (Å²) in [5.41, 5.74) is -0.897. The molecule has 2 bridgehead atoms. The van der Waals surface area contributed by atoms with Crippen molar-refractivity contribution < 1.29 is 32.6 Å². The first-order valence-electron chi connectivity index (χ1n) is 7.14. The van der Waals surface area contributed by atoms with Crippen LogP contribution in [0.2, 0.25) is 0 Å². The van der Waals surface area contributed by atoms with Crippen molar-refractivity contribution in [3.05, 3.63) is 29.8 Å². The van der Waals surface area contributed by atoms with Crippen molar-refractivity contribution in [1.82, 2.24) is 0 Å². The first-order valence-corrected chi connectivity index (χ1v) is 7.14. The van der Waals surface area contributed by atoms with Gasteiger partial charge in [-0.05, 0) is 31.0 Å². The molecular formula is C15H14F3NO4. The van der Waals surface area contributed by atoms with Crippen molar-refractivity contribution in [1.29, 1.82) is 0 Å². The molecule has 2 saturated heterocycles. The zero-order chi connectivity index (χ0) is 16.8. The lowest BCUT2D eigenvalue weighted by atomic mass is 9.78. The number of ether oxygens (including phenoxy) is 1. The number of carboxylic acid groups (broad SMARTS) is 1. The number of aliphatic carboxylic acids is 1. The molecule has 8 heteroatoms. The Kier molecular flexibility index (Phi) is 3.79. The third kappa shape index (κ3) is 2.90. The van der Waals surface area contributed by atoms with E-state index in [0.29, 0.717) is 12.8 Å². The molecule has 3 rings (SSSR count). The number of carbonyl (C=O) groups is 2. The Morgan fingerprint density at radius 1 is 1.17 bits per heavy atom. The van der Waals surface area contributed by atoms with Crippen LogP contribution in [0.1, 0.15) is 18.4 Å². The summed E-state index contributed by atoms with van der Waals surface area (Å²) >= 11 is 0. The lowest BCUT2D eigenvalue weighted by molar-refractivity contribution is -0.147. The summed E-state index contributed by atoms with van der Waals surface area (Å²) in [4.78, 5) is 23.7. The minimum atomic E-state index is -4.51. The predicted octanol–water partition coefficient (Wildman–Crippen LogP) is 2.52. The summed E-state index contributed by atoms with van der Waals surface area (Å²) in [6, 6.07) is 4.24. The molecule has 1 aromatic rings. The van der Waals surface area contributed by atoms with Crippen molar-refractivity contribution in [2.24, 2.45) is 11.8 Å². The number of hydrogen-bond donors (Lipinski definition) is 2. The normalized spacial score (nSPS) is 29.5. The molecule has 2 N–H and O–H groups in total. The average molecular weight is 329 g/mol. The van der Waals surface area contributed by atoms with Gasteiger partial charge >= 0.3 is 12.1 Å². The SMILES string of the molecule is O=C(O)[C@@H]1[C@@H](C(=O)Nc2cccc(C(F)(F)F)c2)[C@H]2CC[C@H]1O2. The van der Waals surface area contributed by atoms with Crippen LogP contribution < -0.4 is 5.32 Å². The van der Waals surface area contributed by atoms with Crippen molar-refractivity contribution in [3.63, 3.8) is 0 Å². The molecule has 124 valence electrons. The summed E-state index contributed by atoms with van der Waals surface area (Å²) in [5, 5.41) is 11.6. The highest BCUT2D eigenvalue weighted by Gasteiger charge is 2.55. The molecule has 0 saturated carbocycles. The largest absolute Gasteiger partial charge is 0.481 e. The van der Waals surface area contributed by atoms with Gasteiger partial charge in [0.2, 0.25) is 5.91 Å². The maximum Gasteiger partial charge on any atom is 0.416 e. The van der Waals surface area contributed by atoms with Gasteiger partial charge in [-0.2, -0.15) is 13.2 Å². The van der Waals surface area contributed by atoms with Crippen LogP contribution in [0.4, 0.5) is 18.9 Å². The topological polar surface area (TPSA) is 75.6 Å². The van der Waals surface area contributed by atoms with Crippen LogP contribution in [-0.2, 0) is 20.5 Å². The Hall–Kier alpha value is -2.09. The average Bonchev–Trinajstić information content (AvgIpc) is 3.07. The molecule has 2 fully saturated rings. The highest BCUT2D eigenvalue weighted by atomic mass is 19.4. The molecule has 1 aromatic carbocycles. The maximum atomic E-state index is 12.7. The van der Waals surface area contributed by atoms with E-state index in [2.05, 4.69) is 5.32 Å². The minimum Gasteiger partial charge on any atom is -0.481 e. The van der Waals surface area contributed by atoms with Crippen LogP contribution in [-0.4, -0.2) is 29.2 Å². The first kappa shape index (κ1) is 15.8. The second-order valence-electron chi connectivity index (χ2n) is 5.75. The molecule has 23 heavy (non-hydrogen) atoms. The molecule has 0 aromatic heterocycles. The van der Waals surface area contributed by atoms with Crippen molar-refractivity contribution in [3.8, 4) is 0 Å². The molecule has 2 aliphatic rings. The monoisotopic (exact) mass is 329 g/mol. The number of anilines is 1. The summed E-state index contributed by atoms with van der Waals surface area (Å²) in [7, 11) is 0. The van der Waals surface area contributed by atoms with E-state index < -0.39 is 47.7 Å². The van der Waals surface area contributed by atoms with Crippen molar-refractivity contribution in [2.45, 2.75) is 31.2 Å². The van der Waals surface area contributed by atoms with Crippen molar-refractivity contribution >= 4 is 17.6 Å². The second-order valence-corrected chi connectivity index (χ2v) is 5.75. The van der Waals surface area contributed by atoms with Gasteiger partial charge in [-0.1, -0.05) is 6.07 Å². The van der Waals surface area contributed by atoms with Gasteiger partial charge in [0.1, 0.15) is 0 Å². The Labute approximate surface area is 129 Å². The molecule has 4 atom stereocenters. The lowest BCUT2D eigenvalue weighted by Crippen LogP contribution is -2.40. The second kappa shape index (κ2) is 5.52. The van der Waals surface area contributed by atoms with Gasteiger partial charge in [-0.3, -0.25) is 9.59 Å². The summed E-state index contributed by atoms with van der Waals surface area (Å²) in [6.07, 6.45) is -4.36. The molecular weight excluding hydrogens is 315 g/mol. The maximum absolute atomic E-state index is 12.7. The number of carboxylic acids is 1. The van der Waals surface area contributed by atoms with Crippen LogP contribution in [0, 0.1) is 11.8 Å². The van der Waals surface area contributed by atoms with E-state index in [1.807, 2.05) is 0 Å². The van der Waals surface area contributed by atoms with Crippen LogP contribution in [0.3, 0.4) is 0 Å². The summed E-state index contributed by atoms with van der Waals surface area (Å²) < 4.78 is 43.5. The third-order valence-electron chi connectivity index (χ3n) is 4.32. The standard InChI is InChI=1S/C15H14F3NO4/c16-15(17,18)7-2-1-3-8(6-7)19-13(20)11-9-4-5-10(23-9)12(11)14(21)22/h1-3,6,9-12H,4-5H2,(H,19,20)(H,21,22)/t9-,10-,11+,12+/m1/s1. The van der Waals surface area contributed by atoms with Gasteiger partial charge in [0.25, 0.3) is 0 Å². The first-order chi connectivity index (χ1) is 10.8. The Morgan fingerprint density at radius 3 is 2.43 bits per heavy atom.